The van der Waals surface area contributed by atoms with Crippen molar-refractivity contribution in [2.75, 3.05) is 5.73 Å². The Morgan fingerprint density at radius 2 is 2.13 bits per heavy atom. The standard InChI is InChI=1S/C10H10IN3.ClH/c1-6-7(3-2-4-8(6)11)9-5-10(12)14-13-9;/h2-5H,1H3,(H3,12,13,14);1H. The molecular weight excluding hydrogens is 324 g/mol. The van der Waals surface area contributed by atoms with Gasteiger partial charge in [-0.25, -0.2) is 0 Å². The summed E-state index contributed by atoms with van der Waals surface area (Å²) in [6.45, 7) is 2.09. The summed E-state index contributed by atoms with van der Waals surface area (Å²) in [6, 6.07) is 8.02. The Morgan fingerprint density at radius 1 is 1.40 bits per heavy atom. The van der Waals surface area contributed by atoms with Gasteiger partial charge in [0.2, 0.25) is 0 Å². The Hall–Kier alpha value is -0.750. The number of hydrogen-bond acceptors (Lipinski definition) is 2. The predicted octanol–water partition coefficient (Wildman–Crippen LogP) is 2.99. The second-order valence-electron chi connectivity index (χ2n) is 3.12. The van der Waals surface area contributed by atoms with E-state index in [9.17, 15) is 0 Å². The fourth-order valence-corrected chi connectivity index (χ4v) is 1.87. The van der Waals surface area contributed by atoms with Crippen LogP contribution >= 0.6 is 35.0 Å². The van der Waals surface area contributed by atoms with Gasteiger partial charge in [-0.1, -0.05) is 12.1 Å². The normalized spacial score (nSPS) is 9.73. The van der Waals surface area contributed by atoms with Crippen molar-refractivity contribution in [2.24, 2.45) is 0 Å². The summed E-state index contributed by atoms with van der Waals surface area (Å²) >= 11 is 2.32. The number of hydrogen-bond donors (Lipinski definition) is 2. The lowest BCUT2D eigenvalue weighted by Gasteiger charge is -2.04. The van der Waals surface area contributed by atoms with Crippen LogP contribution in [0.4, 0.5) is 5.82 Å². The first kappa shape index (κ1) is 12.3. The first-order valence-corrected chi connectivity index (χ1v) is 5.32. The van der Waals surface area contributed by atoms with Crippen LogP contribution in [0.1, 0.15) is 5.56 Å². The van der Waals surface area contributed by atoms with E-state index < -0.39 is 0 Å². The summed E-state index contributed by atoms with van der Waals surface area (Å²) in [4.78, 5) is 0. The highest BCUT2D eigenvalue weighted by Crippen LogP contribution is 2.25. The van der Waals surface area contributed by atoms with Gasteiger partial charge in [0.05, 0.1) is 5.69 Å². The van der Waals surface area contributed by atoms with E-state index in [1.54, 1.807) is 0 Å². The van der Waals surface area contributed by atoms with Crippen LogP contribution in [-0.4, -0.2) is 10.2 Å². The number of nitrogen functional groups attached to an aromatic ring is 1. The van der Waals surface area contributed by atoms with Crippen molar-refractivity contribution in [3.8, 4) is 11.3 Å². The number of halogens is 2. The van der Waals surface area contributed by atoms with Crippen molar-refractivity contribution >= 4 is 40.8 Å². The zero-order valence-corrected chi connectivity index (χ0v) is 11.1. The van der Waals surface area contributed by atoms with Crippen LogP contribution in [0.3, 0.4) is 0 Å². The number of rotatable bonds is 1. The van der Waals surface area contributed by atoms with Gasteiger partial charge in [0.25, 0.3) is 0 Å². The van der Waals surface area contributed by atoms with E-state index in [1.165, 1.54) is 9.13 Å². The lowest BCUT2D eigenvalue weighted by Crippen LogP contribution is -1.86. The van der Waals surface area contributed by atoms with E-state index in [0.717, 1.165) is 11.3 Å². The molecule has 15 heavy (non-hydrogen) atoms. The van der Waals surface area contributed by atoms with Crippen molar-refractivity contribution in [1.82, 2.24) is 10.2 Å². The molecule has 0 saturated heterocycles. The lowest BCUT2D eigenvalue weighted by atomic mass is 10.1. The Morgan fingerprint density at radius 3 is 2.73 bits per heavy atom. The minimum absolute atomic E-state index is 0. The smallest absolute Gasteiger partial charge is 0.145 e. The summed E-state index contributed by atoms with van der Waals surface area (Å²) in [5.74, 6) is 0.526. The molecule has 5 heteroatoms. The monoisotopic (exact) mass is 335 g/mol. The third-order valence-corrected chi connectivity index (χ3v) is 3.32. The Bertz CT molecular complexity index is 467. The van der Waals surface area contributed by atoms with Crippen LogP contribution < -0.4 is 5.73 Å². The Labute approximate surface area is 108 Å². The van der Waals surface area contributed by atoms with E-state index in [2.05, 4.69) is 51.8 Å². The van der Waals surface area contributed by atoms with Crippen molar-refractivity contribution in [3.05, 3.63) is 33.4 Å². The molecule has 0 bridgehead atoms. The SMILES string of the molecule is Cc1c(I)cccc1-c1cc(N)n[nH]1.Cl. The number of aromatic nitrogens is 2. The molecular formula is C10H11ClIN3. The number of anilines is 1. The minimum atomic E-state index is 0. The highest BCUT2D eigenvalue weighted by molar-refractivity contribution is 14.1. The quantitative estimate of drug-likeness (QED) is 0.787. The maximum absolute atomic E-state index is 5.56. The van der Waals surface area contributed by atoms with E-state index in [0.29, 0.717) is 5.82 Å². The molecule has 80 valence electrons. The molecule has 1 heterocycles. The molecule has 0 radical (unpaired) electrons. The first-order valence-electron chi connectivity index (χ1n) is 4.25. The van der Waals surface area contributed by atoms with Crippen LogP contribution in [0.5, 0.6) is 0 Å². The minimum Gasteiger partial charge on any atom is -0.382 e. The zero-order chi connectivity index (χ0) is 10.1. The second kappa shape index (κ2) is 4.85. The molecule has 1 aromatic heterocycles. The summed E-state index contributed by atoms with van der Waals surface area (Å²) in [6.07, 6.45) is 0. The van der Waals surface area contributed by atoms with E-state index >= 15 is 0 Å². The maximum Gasteiger partial charge on any atom is 0.145 e. The third kappa shape index (κ3) is 2.43. The highest BCUT2D eigenvalue weighted by atomic mass is 127. The molecule has 3 nitrogen and oxygen atoms in total. The number of nitrogens with zero attached hydrogens (tertiary/aromatic N) is 1. The van der Waals surface area contributed by atoms with Gasteiger partial charge in [-0.2, -0.15) is 5.10 Å². The molecule has 3 N–H and O–H groups in total. The molecule has 0 amide bonds. The summed E-state index contributed by atoms with van der Waals surface area (Å²) in [5, 5.41) is 6.83. The Balaban J connectivity index is 0.00000112. The van der Waals surface area contributed by atoms with Crippen LogP contribution in [0, 0.1) is 10.5 Å². The van der Waals surface area contributed by atoms with Gasteiger partial charge in [-0.15, -0.1) is 12.4 Å². The van der Waals surface area contributed by atoms with Gasteiger partial charge in [0.1, 0.15) is 5.82 Å². The van der Waals surface area contributed by atoms with Gasteiger partial charge in [0, 0.05) is 15.2 Å². The number of H-pyrrole nitrogens is 1. The van der Waals surface area contributed by atoms with Crippen LogP contribution in [0.2, 0.25) is 0 Å². The average Bonchev–Trinajstić information content (AvgIpc) is 2.57. The van der Waals surface area contributed by atoms with Crippen molar-refractivity contribution in [2.45, 2.75) is 6.92 Å². The number of nitrogens with one attached hydrogen (secondary N) is 1. The first-order chi connectivity index (χ1) is 6.68. The van der Waals surface area contributed by atoms with Crippen molar-refractivity contribution in [1.29, 1.82) is 0 Å². The largest absolute Gasteiger partial charge is 0.382 e. The molecule has 0 aliphatic heterocycles. The third-order valence-electron chi connectivity index (χ3n) is 2.16. The van der Waals surface area contributed by atoms with E-state index in [1.807, 2.05) is 12.1 Å². The van der Waals surface area contributed by atoms with E-state index in [4.69, 9.17) is 5.73 Å². The molecule has 0 aliphatic carbocycles. The maximum atomic E-state index is 5.56. The zero-order valence-electron chi connectivity index (χ0n) is 8.12. The highest BCUT2D eigenvalue weighted by Gasteiger charge is 2.06. The van der Waals surface area contributed by atoms with Crippen LogP contribution in [-0.2, 0) is 0 Å². The second-order valence-corrected chi connectivity index (χ2v) is 4.28. The molecule has 0 saturated carbocycles. The molecule has 0 aliphatic rings. The average molecular weight is 336 g/mol. The molecule has 0 fully saturated rings. The molecule has 0 atom stereocenters. The van der Waals surface area contributed by atoms with Gasteiger partial charge in [-0.3, -0.25) is 5.10 Å². The molecule has 2 rings (SSSR count). The topological polar surface area (TPSA) is 54.7 Å². The Kier molecular flexibility index (Phi) is 3.98. The molecule has 0 spiro atoms. The predicted molar refractivity (Wildman–Crippen MR) is 73.1 cm³/mol. The van der Waals surface area contributed by atoms with E-state index in [-0.39, 0.29) is 12.4 Å². The molecule has 1 aromatic carbocycles. The molecule has 0 unspecified atom stereocenters. The van der Waals surface area contributed by atoms with Gasteiger partial charge in [0.15, 0.2) is 0 Å². The summed E-state index contributed by atoms with van der Waals surface area (Å²) in [7, 11) is 0. The van der Waals surface area contributed by atoms with Crippen LogP contribution in [0.25, 0.3) is 11.3 Å². The van der Waals surface area contributed by atoms with Crippen molar-refractivity contribution < 1.29 is 0 Å². The van der Waals surface area contributed by atoms with Gasteiger partial charge < -0.3 is 5.73 Å². The molecule has 2 aromatic rings. The van der Waals surface area contributed by atoms with Crippen molar-refractivity contribution in [3.63, 3.8) is 0 Å². The number of nitrogens with two attached hydrogens (primary N) is 1. The fourth-order valence-electron chi connectivity index (χ4n) is 1.37. The van der Waals surface area contributed by atoms with Gasteiger partial charge >= 0.3 is 0 Å². The number of benzene rings is 1. The van der Waals surface area contributed by atoms with Crippen LogP contribution in [0.15, 0.2) is 24.3 Å². The fraction of sp³-hybridized carbons (Fsp3) is 0.100. The summed E-state index contributed by atoms with van der Waals surface area (Å²) < 4.78 is 1.24. The van der Waals surface area contributed by atoms with Gasteiger partial charge in [-0.05, 0) is 41.1 Å². The summed E-state index contributed by atoms with van der Waals surface area (Å²) in [5.41, 5.74) is 8.93. The lowest BCUT2D eigenvalue weighted by molar-refractivity contribution is 1.10. The number of aromatic amines is 1.